The first-order valence-electron chi connectivity index (χ1n) is 5.98. The van der Waals surface area contributed by atoms with Crippen molar-refractivity contribution in [2.45, 2.75) is 13.0 Å². The van der Waals surface area contributed by atoms with Crippen LogP contribution in [0.4, 0.5) is 0 Å². The SMILES string of the molecule is COc1cc(Cl)c(C(N)c2ccc(C)c(Br)c2)cc1Cl. The van der Waals surface area contributed by atoms with Gasteiger partial charge in [-0.05, 0) is 35.7 Å². The fourth-order valence-corrected chi connectivity index (χ4v) is 2.84. The minimum absolute atomic E-state index is 0.345. The zero-order valence-electron chi connectivity index (χ0n) is 11.1. The highest BCUT2D eigenvalue weighted by atomic mass is 79.9. The standard InChI is InChI=1S/C15H14BrCl2NO/c1-8-3-4-9(5-11(8)16)15(19)10-6-13(18)14(20-2)7-12(10)17/h3-7,15H,19H2,1-2H3. The molecule has 0 saturated heterocycles. The molecule has 0 bridgehead atoms. The molecule has 2 rings (SSSR count). The molecule has 106 valence electrons. The highest BCUT2D eigenvalue weighted by molar-refractivity contribution is 9.10. The normalized spacial score (nSPS) is 12.3. The van der Waals surface area contributed by atoms with Crippen LogP contribution in [0.25, 0.3) is 0 Å². The van der Waals surface area contributed by atoms with E-state index in [-0.39, 0.29) is 6.04 Å². The van der Waals surface area contributed by atoms with Gasteiger partial charge in [0, 0.05) is 15.6 Å². The van der Waals surface area contributed by atoms with E-state index in [1.165, 1.54) is 0 Å². The van der Waals surface area contributed by atoms with E-state index < -0.39 is 0 Å². The molecule has 0 aliphatic carbocycles. The summed E-state index contributed by atoms with van der Waals surface area (Å²) in [6, 6.07) is 9.08. The maximum absolute atomic E-state index is 6.29. The smallest absolute Gasteiger partial charge is 0.138 e. The van der Waals surface area contributed by atoms with E-state index >= 15 is 0 Å². The lowest BCUT2D eigenvalue weighted by atomic mass is 9.98. The lowest BCUT2D eigenvalue weighted by Gasteiger charge is -2.17. The number of halogens is 3. The van der Waals surface area contributed by atoms with Crippen LogP contribution in [0.5, 0.6) is 5.75 Å². The molecule has 2 nitrogen and oxygen atoms in total. The van der Waals surface area contributed by atoms with Crippen LogP contribution in [0.15, 0.2) is 34.8 Å². The van der Waals surface area contributed by atoms with Gasteiger partial charge in [-0.3, -0.25) is 0 Å². The number of methoxy groups -OCH3 is 1. The average molecular weight is 375 g/mol. The lowest BCUT2D eigenvalue weighted by molar-refractivity contribution is 0.415. The lowest BCUT2D eigenvalue weighted by Crippen LogP contribution is -2.12. The van der Waals surface area contributed by atoms with E-state index in [4.69, 9.17) is 33.7 Å². The monoisotopic (exact) mass is 373 g/mol. The summed E-state index contributed by atoms with van der Waals surface area (Å²) < 4.78 is 6.15. The van der Waals surface area contributed by atoms with Crippen molar-refractivity contribution in [2.75, 3.05) is 7.11 Å². The predicted molar refractivity (Wildman–Crippen MR) is 87.9 cm³/mol. The average Bonchev–Trinajstić information content (AvgIpc) is 2.43. The molecule has 2 aromatic carbocycles. The third-order valence-corrected chi connectivity index (χ3v) is 4.64. The molecule has 0 fully saturated rings. The van der Waals surface area contributed by atoms with Crippen LogP contribution < -0.4 is 10.5 Å². The topological polar surface area (TPSA) is 35.2 Å². The summed E-state index contributed by atoms with van der Waals surface area (Å²) in [4.78, 5) is 0. The maximum atomic E-state index is 6.29. The third kappa shape index (κ3) is 3.12. The second kappa shape index (κ2) is 6.35. The predicted octanol–water partition coefficient (Wildman–Crippen LogP) is 5.12. The molecule has 0 aliphatic rings. The van der Waals surface area contributed by atoms with Crippen molar-refractivity contribution in [2.24, 2.45) is 5.73 Å². The van der Waals surface area contributed by atoms with Gasteiger partial charge in [-0.15, -0.1) is 0 Å². The van der Waals surface area contributed by atoms with Crippen LogP contribution in [0.1, 0.15) is 22.7 Å². The zero-order chi connectivity index (χ0) is 14.9. The number of benzene rings is 2. The minimum Gasteiger partial charge on any atom is -0.495 e. The van der Waals surface area contributed by atoms with Gasteiger partial charge in [-0.1, -0.05) is 51.3 Å². The Labute approximate surface area is 137 Å². The Morgan fingerprint density at radius 3 is 2.45 bits per heavy atom. The quantitative estimate of drug-likeness (QED) is 0.808. The van der Waals surface area contributed by atoms with Crippen LogP contribution in [0.2, 0.25) is 10.0 Å². The number of nitrogens with two attached hydrogens (primary N) is 1. The van der Waals surface area contributed by atoms with Gasteiger partial charge in [0.1, 0.15) is 5.75 Å². The number of hydrogen-bond acceptors (Lipinski definition) is 2. The first-order chi connectivity index (χ1) is 9.43. The highest BCUT2D eigenvalue weighted by Gasteiger charge is 2.16. The molecule has 0 spiro atoms. The summed E-state index contributed by atoms with van der Waals surface area (Å²) >= 11 is 15.9. The second-order valence-corrected chi connectivity index (χ2v) is 6.16. The molecule has 2 N–H and O–H groups in total. The van der Waals surface area contributed by atoms with E-state index in [1.807, 2.05) is 25.1 Å². The first kappa shape index (κ1) is 15.6. The van der Waals surface area contributed by atoms with Gasteiger partial charge in [-0.2, -0.15) is 0 Å². The Balaban J connectivity index is 2.45. The minimum atomic E-state index is -0.345. The van der Waals surface area contributed by atoms with E-state index in [0.29, 0.717) is 15.8 Å². The first-order valence-corrected chi connectivity index (χ1v) is 7.53. The van der Waals surface area contributed by atoms with E-state index in [1.54, 1.807) is 19.2 Å². The summed E-state index contributed by atoms with van der Waals surface area (Å²) in [6.45, 7) is 2.02. The van der Waals surface area contributed by atoms with Crippen LogP contribution >= 0.6 is 39.1 Å². The van der Waals surface area contributed by atoms with Gasteiger partial charge < -0.3 is 10.5 Å². The Kier molecular flexibility index (Phi) is 4.97. The molecule has 0 heterocycles. The Bertz CT molecular complexity index is 646. The van der Waals surface area contributed by atoms with Crippen LogP contribution in [-0.4, -0.2) is 7.11 Å². The van der Waals surface area contributed by atoms with Gasteiger partial charge in [0.25, 0.3) is 0 Å². The van der Waals surface area contributed by atoms with Crippen molar-refractivity contribution in [3.63, 3.8) is 0 Å². The van der Waals surface area contributed by atoms with Crippen molar-refractivity contribution in [1.29, 1.82) is 0 Å². The van der Waals surface area contributed by atoms with Crippen LogP contribution in [0, 0.1) is 6.92 Å². The molecule has 2 aromatic rings. The molecule has 0 aliphatic heterocycles. The molecule has 1 atom stereocenters. The molecule has 0 amide bonds. The molecule has 0 saturated carbocycles. The van der Waals surface area contributed by atoms with Gasteiger partial charge in [-0.25, -0.2) is 0 Å². The molecule has 0 radical (unpaired) electrons. The van der Waals surface area contributed by atoms with Crippen molar-refractivity contribution in [3.8, 4) is 5.75 Å². The van der Waals surface area contributed by atoms with Crippen molar-refractivity contribution in [1.82, 2.24) is 0 Å². The summed E-state index contributed by atoms with van der Waals surface area (Å²) in [5.74, 6) is 0.540. The van der Waals surface area contributed by atoms with Gasteiger partial charge in [0.2, 0.25) is 0 Å². The van der Waals surface area contributed by atoms with E-state index in [9.17, 15) is 0 Å². The Morgan fingerprint density at radius 1 is 1.15 bits per heavy atom. The van der Waals surface area contributed by atoms with Gasteiger partial charge in [0.15, 0.2) is 0 Å². The van der Waals surface area contributed by atoms with Crippen LogP contribution in [-0.2, 0) is 0 Å². The molecule has 0 aromatic heterocycles. The molecular weight excluding hydrogens is 361 g/mol. The third-order valence-electron chi connectivity index (χ3n) is 3.16. The summed E-state index contributed by atoms with van der Waals surface area (Å²) in [5, 5.41) is 1.03. The number of aryl methyl sites for hydroxylation is 1. The maximum Gasteiger partial charge on any atom is 0.138 e. The molecule has 5 heteroatoms. The zero-order valence-corrected chi connectivity index (χ0v) is 14.2. The summed E-state index contributed by atoms with van der Waals surface area (Å²) in [7, 11) is 1.55. The highest BCUT2D eigenvalue weighted by Crippen LogP contribution is 2.35. The second-order valence-electron chi connectivity index (χ2n) is 4.49. The van der Waals surface area contributed by atoms with E-state index in [0.717, 1.165) is 21.2 Å². The Hall–Kier alpha value is -0.740. The fraction of sp³-hybridized carbons (Fsp3) is 0.200. The molecule has 20 heavy (non-hydrogen) atoms. The number of rotatable bonds is 3. The van der Waals surface area contributed by atoms with Crippen molar-refractivity contribution >= 4 is 39.1 Å². The number of ether oxygens (including phenoxy) is 1. The molecule has 1 unspecified atom stereocenters. The van der Waals surface area contributed by atoms with Gasteiger partial charge >= 0.3 is 0 Å². The van der Waals surface area contributed by atoms with E-state index in [2.05, 4.69) is 15.9 Å². The van der Waals surface area contributed by atoms with Crippen LogP contribution in [0.3, 0.4) is 0 Å². The van der Waals surface area contributed by atoms with Crippen molar-refractivity contribution < 1.29 is 4.74 Å². The largest absolute Gasteiger partial charge is 0.495 e. The molecular formula is C15H14BrCl2NO. The number of hydrogen-bond donors (Lipinski definition) is 1. The fourth-order valence-electron chi connectivity index (χ4n) is 1.92. The summed E-state index contributed by atoms with van der Waals surface area (Å²) in [5.41, 5.74) is 9.18. The van der Waals surface area contributed by atoms with Crippen molar-refractivity contribution in [3.05, 3.63) is 61.5 Å². The summed E-state index contributed by atoms with van der Waals surface area (Å²) in [6.07, 6.45) is 0. The van der Waals surface area contributed by atoms with Gasteiger partial charge in [0.05, 0.1) is 18.2 Å². The Morgan fingerprint density at radius 2 is 1.85 bits per heavy atom.